The van der Waals surface area contributed by atoms with E-state index < -0.39 is 5.91 Å². The molecular weight excluding hydrogens is 488 g/mol. The van der Waals surface area contributed by atoms with Gasteiger partial charge in [-0.2, -0.15) is 15.1 Å². The van der Waals surface area contributed by atoms with Crippen LogP contribution in [0.2, 0.25) is 5.02 Å². The number of carbonyl (C=O) groups excluding carboxylic acids is 1. The maximum atomic E-state index is 12.6. The van der Waals surface area contributed by atoms with E-state index >= 15 is 0 Å². The first-order valence-corrected chi connectivity index (χ1v) is 12.2. The van der Waals surface area contributed by atoms with Crippen LogP contribution < -0.4 is 14.2 Å². The Bertz CT molecular complexity index is 1270. The van der Waals surface area contributed by atoms with Crippen LogP contribution in [0.25, 0.3) is 6.08 Å². The summed E-state index contributed by atoms with van der Waals surface area (Å²) in [6.07, 6.45) is 1.56. The van der Waals surface area contributed by atoms with Gasteiger partial charge < -0.3 is 14.2 Å². The molecule has 0 aliphatic carbocycles. The molecule has 0 saturated heterocycles. The molecule has 2 aromatic carbocycles. The zero-order valence-corrected chi connectivity index (χ0v) is 21.4. The van der Waals surface area contributed by atoms with Crippen molar-refractivity contribution in [1.82, 2.24) is 5.01 Å². The number of thioether (sulfide) groups is 1. The molecule has 2 heterocycles. The molecule has 0 unspecified atom stereocenters. The van der Waals surface area contributed by atoms with E-state index in [0.29, 0.717) is 45.5 Å². The van der Waals surface area contributed by atoms with Gasteiger partial charge in [0.25, 0.3) is 5.91 Å². The summed E-state index contributed by atoms with van der Waals surface area (Å²) in [5, 5.41) is 15.4. The summed E-state index contributed by atoms with van der Waals surface area (Å²) < 4.78 is 17.5. The van der Waals surface area contributed by atoms with Crippen LogP contribution in [0, 0.1) is 19.3 Å². The van der Waals surface area contributed by atoms with Crippen LogP contribution in [-0.2, 0) is 4.79 Å². The number of amidine groups is 2. The largest absolute Gasteiger partial charge is 0.490 e. The monoisotopic (exact) mass is 512 g/mol. The number of halogens is 1. The number of fused-ring (bicyclic) bond motifs is 1. The van der Waals surface area contributed by atoms with Gasteiger partial charge in [0, 0.05) is 0 Å². The molecule has 10 heteroatoms. The maximum Gasteiger partial charge on any atom is 0.283 e. The molecule has 0 atom stereocenters. The van der Waals surface area contributed by atoms with Gasteiger partial charge >= 0.3 is 0 Å². The second-order valence-corrected chi connectivity index (χ2v) is 9.49. The molecule has 0 bridgehead atoms. The third-order valence-corrected chi connectivity index (χ3v) is 6.10. The molecule has 182 valence electrons. The average Bonchev–Trinajstić information content (AvgIpc) is 3.15. The molecule has 2 aromatic rings. The van der Waals surface area contributed by atoms with Crippen LogP contribution in [0.3, 0.4) is 0 Å². The van der Waals surface area contributed by atoms with Gasteiger partial charge in [0.05, 0.1) is 22.2 Å². The van der Waals surface area contributed by atoms with E-state index in [1.54, 1.807) is 25.1 Å². The Labute approximate surface area is 213 Å². The zero-order chi connectivity index (χ0) is 25.1. The van der Waals surface area contributed by atoms with Crippen LogP contribution in [0.1, 0.15) is 30.5 Å². The van der Waals surface area contributed by atoms with E-state index in [4.69, 9.17) is 31.2 Å². The normalized spacial score (nSPS) is 16.3. The third kappa shape index (κ3) is 5.68. The molecule has 1 amide bonds. The molecule has 0 spiro atoms. The van der Waals surface area contributed by atoms with E-state index in [0.717, 1.165) is 16.9 Å². The number of benzene rings is 2. The molecule has 0 radical (unpaired) electrons. The van der Waals surface area contributed by atoms with Crippen molar-refractivity contribution in [3.05, 3.63) is 57.6 Å². The Morgan fingerprint density at radius 1 is 1.06 bits per heavy atom. The second kappa shape index (κ2) is 10.5. The fourth-order valence-electron chi connectivity index (χ4n) is 3.65. The summed E-state index contributed by atoms with van der Waals surface area (Å²) >= 11 is 7.79. The van der Waals surface area contributed by atoms with Gasteiger partial charge in [-0.25, -0.2) is 0 Å². The Kier molecular flexibility index (Phi) is 7.47. The number of amides is 1. The number of aryl methyl sites for hydroxylation is 2. The van der Waals surface area contributed by atoms with Crippen LogP contribution in [-0.4, -0.2) is 46.8 Å². The van der Waals surface area contributed by atoms with E-state index in [-0.39, 0.29) is 18.0 Å². The van der Waals surface area contributed by atoms with Crippen molar-refractivity contribution >= 4 is 51.4 Å². The quantitative estimate of drug-likeness (QED) is 0.373. The Morgan fingerprint density at radius 3 is 2.49 bits per heavy atom. The van der Waals surface area contributed by atoms with Gasteiger partial charge in [0.2, 0.25) is 5.17 Å². The molecule has 2 aliphatic heterocycles. The van der Waals surface area contributed by atoms with Gasteiger partial charge in [-0.1, -0.05) is 17.7 Å². The number of hydrazone groups is 1. The van der Waals surface area contributed by atoms with Crippen molar-refractivity contribution in [3.63, 3.8) is 0 Å². The lowest BCUT2D eigenvalue weighted by molar-refractivity contribution is -0.114. The van der Waals surface area contributed by atoms with E-state index in [2.05, 4.69) is 16.2 Å². The van der Waals surface area contributed by atoms with Gasteiger partial charge in [0.15, 0.2) is 17.3 Å². The van der Waals surface area contributed by atoms with E-state index in [1.807, 2.05) is 32.9 Å². The highest BCUT2D eigenvalue weighted by Crippen LogP contribution is 2.38. The van der Waals surface area contributed by atoms with Crippen molar-refractivity contribution in [2.24, 2.45) is 10.1 Å². The summed E-state index contributed by atoms with van der Waals surface area (Å²) in [4.78, 5) is 16.6. The number of nitrogens with zero attached hydrogens (tertiary/aromatic N) is 3. The molecule has 35 heavy (non-hydrogen) atoms. The summed E-state index contributed by atoms with van der Waals surface area (Å²) in [5.41, 5.74) is 2.95. The number of nitrogens with one attached hydrogen (secondary N) is 1. The zero-order valence-electron chi connectivity index (χ0n) is 19.8. The number of carbonyl (C=O) groups is 1. The standard InChI is InChI=1S/C25H25ClN4O4S/c1-5-32-21-13-17(11-19-23(27)30-25(28-24(19)31)35-16(4)29-30)12-20(26)22(21)34-7-6-33-18-9-14(2)8-15(3)10-18/h8-13,27H,5-7H2,1-4H3/b19-11+,27-23?. The van der Waals surface area contributed by atoms with Crippen molar-refractivity contribution in [2.75, 3.05) is 19.8 Å². The second-order valence-electron chi connectivity index (χ2n) is 7.92. The SMILES string of the molecule is CCOc1cc(/C=C2\C(=N)N3N=C(C)SC3=NC2=O)cc(Cl)c1OCCOc1cc(C)cc(C)c1. The van der Waals surface area contributed by atoms with Crippen LogP contribution in [0.4, 0.5) is 0 Å². The molecular formula is C25H25ClN4O4S. The Morgan fingerprint density at radius 2 is 1.77 bits per heavy atom. The fraction of sp³-hybridized carbons (Fsp3) is 0.280. The van der Waals surface area contributed by atoms with Crippen LogP contribution in [0.5, 0.6) is 17.2 Å². The van der Waals surface area contributed by atoms with Crippen molar-refractivity contribution in [3.8, 4) is 17.2 Å². The first-order valence-electron chi connectivity index (χ1n) is 11.0. The van der Waals surface area contributed by atoms with Gasteiger partial charge in [0.1, 0.15) is 19.0 Å². The highest BCUT2D eigenvalue weighted by molar-refractivity contribution is 8.26. The predicted molar refractivity (Wildman–Crippen MR) is 140 cm³/mol. The average molecular weight is 513 g/mol. The highest BCUT2D eigenvalue weighted by atomic mass is 35.5. The van der Waals surface area contributed by atoms with Crippen LogP contribution >= 0.6 is 23.4 Å². The van der Waals surface area contributed by atoms with Crippen molar-refractivity contribution in [1.29, 1.82) is 5.41 Å². The minimum Gasteiger partial charge on any atom is -0.490 e. The number of hydrogen-bond donors (Lipinski definition) is 1. The summed E-state index contributed by atoms with van der Waals surface area (Å²) in [5.74, 6) is 1.06. The van der Waals surface area contributed by atoms with E-state index in [1.165, 1.54) is 16.8 Å². The highest BCUT2D eigenvalue weighted by Gasteiger charge is 2.34. The number of hydrogen-bond acceptors (Lipinski definition) is 7. The van der Waals surface area contributed by atoms with Crippen molar-refractivity contribution < 1.29 is 19.0 Å². The lowest BCUT2D eigenvalue weighted by atomic mass is 10.1. The summed E-state index contributed by atoms with van der Waals surface area (Å²) in [6, 6.07) is 9.40. The van der Waals surface area contributed by atoms with Crippen molar-refractivity contribution in [2.45, 2.75) is 27.7 Å². The minimum absolute atomic E-state index is 0.0395. The Hall–Kier alpha value is -3.30. The predicted octanol–water partition coefficient (Wildman–Crippen LogP) is 5.45. The topological polar surface area (TPSA) is 96.6 Å². The summed E-state index contributed by atoms with van der Waals surface area (Å²) in [7, 11) is 0. The molecule has 8 nitrogen and oxygen atoms in total. The van der Waals surface area contributed by atoms with Gasteiger partial charge in [-0.15, -0.1) is 0 Å². The fourth-order valence-corrected chi connectivity index (χ4v) is 4.66. The number of aliphatic imine (C=N–C) groups is 1. The molecule has 4 rings (SSSR count). The summed E-state index contributed by atoms with van der Waals surface area (Å²) in [6.45, 7) is 8.68. The van der Waals surface area contributed by atoms with Crippen LogP contribution in [0.15, 0.2) is 46.0 Å². The molecule has 0 aromatic heterocycles. The van der Waals surface area contributed by atoms with E-state index in [9.17, 15) is 4.79 Å². The maximum absolute atomic E-state index is 12.6. The molecule has 2 aliphatic rings. The van der Waals surface area contributed by atoms with Gasteiger partial charge in [-0.3, -0.25) is 10.2 Å². The Balaban J connectivity index is 1.51. The molecule has 1 N–H and O–H groups in total. The first kappa shape index (κ1) is 24.8. The first-order chi connectivity index (χ1) is 16.7. The molecule has 0 fully saturated rings. The number of rotatable bonds is 8. The smallest absolute Gasteiger partial charge is 0.283 e. The molecule has 0 saturated carbocycles. The van der Waals surface area contributed by atoms with Gasteiger partial charge in [-0.05, 0) is 86.5 Å². The lowest BCUT2D eigenvalue weighted by Crippen LogP contribution is -2.35. The third-order valence-electron chi connectivity index (χ3n) is 4.99. The minimum atomic E-state index is -0.503. The number of ether oxygens (including phenoxy) is 3. The lowest BCUT2D eigenvalue weighted by Gasteiger charge is -2.20.